The summed E-state index contributed by atoms with van der Waals surface area (Å²) in [6, 6.07) is 11.1. The first-order chi connectivity index (χ1) is 14.0. The number of carbonyl (C=O) groups is 1. The van der Waals surface area contributed by atoms with Crippen LogP contribution in [-0.2, 0) is 4.79 Å². The van der Waals surface area contributed by atoms with Crippen molar-refractivity contribution >= 4 is 35.9 Å². The first-order valence-electron chi connectivity index (χ1n) is 9.79. The molecule has 1 fully saturated rings. The number of halogens is 1. The predicted molar refractivity (Wildman–Crippen MR) is 117 cm³/mol. The topological polar surface area (TPSA) is 71.2 Å². The summed E-state index contributed by atoms with van der Waals surface area (Å²) in [4.78, 5) is 17.1. The zero-order chi connectivity index (χ0) is 20.4. The highest BCUT2D eigenvalue weighted by atomic mass is 19.1. The van der Waals surface area contributed by atoms with Crippen molar-refractivity contribution in [3.63, 3.8) is 0 Å². The Bertz CT molecular complexity index is 1040. The summed E-state index contributed by atoms with van der Waals surface area (Å²) in [6.45, 7) is 3.53. The second-order valence-electron chi connectivity index (χ2n) is 7.55. The van der Waals surface area contributed by atoms with Gasteiger partial charge in [0.05, 0.1) is 6.19 Å². The lowest BCUT2D eigenvalue weighted by atomic mass is 9.89. The van der Waals surface area contributed by atoms with E-state index in [2.05, 4.69) is 10.3 Å². The first kappa shape index (κ1) is 19.4. The Balaban J connectivity index is 1.77. The summed E-state index contributed by atoms with van der Waals surface area (Å²) < 4.78 is 14.6. The average molecular weight is 389 g/mol. The Morgan fingerprint density at radius 2 is 2.21 bits per heavy atom. The molecule has 1 atom stereocenters. The standard InChI is InChI=1S/C22H23BFN4O/c1-14-4-2-6-19(24)22(14)15-8-16-11-26-21(25)10-18(16)20(9-15)27-17-5-3-7-28(12-17)23-13-29/h2,4,6,8-11,13,17,27H,3,5,7,12H2,1H3,(H2,25,26)/t17-/m0/s1. The van der Waals surface area contributed by atoms with Crippen LogP contribution in [0.5, 0.6) is 0 Å². The number of fused-ring (bicyclic) bond motifs is 1. The van der Waals surface area contributed by atoms with E-state index in [4.69, 9.17) is 5.73 Å². The van der Waals surface area contributed by atoms with E-state index < -0.39 is 0 Å². The molecule has 147 valence electrons. The average Bonchev–Trinajstić information content (AvgIpc) is 2.69. The van der Waals surface area contributed by atoms with Gasteiger partial charge in [0.1, 0.15) is 11.6 Å². The van der Waals surface area contributed by atoms with Crippen LogP contribution in [0.15, 0.2) is 42.6 Å². The van der Waals surface area contributed by atoms with Crippen LogP contribution in [0.3, 0.4) is 0 Å². The highest BCUT2D eigenvalue weighted by molar-refractivity contribution is 6.64. The smallest absolute Gasteiger partial charge is 0.293 e. The summed E-state index contributed by atoms with van der Waals surface area (Å²) in [5.74, 6) is 0.193. The molecule has 0 amide bonds. The second-order valence-corrected chi connectivity index (χ2v) is 7.55. The lowest BCUT2D eigenvalue weighted by Crippen LogP contribution is -2.44. The SMILES string of the molecule is Cc1cccc(F)c1-c1cc(N[C@H]2CCCN([B]C=O)C2)c2cc(N)ncc2c1. The van der Waals surface area contributed by atoms with Crippen LogP contribution in [-0.4, -0.2) is 42.5 Å². The molecule has 0 saturated carbocycles. The molecule has 0 bridgehead atoms. The number of piperidine rings is 1. The molecule has 0 aliphatic carbocycles. The summed E-state index contributed by atoms with van der Waals surface area (Å²) in [5.41, 5.74) is 9.10. The van der Waals surface area contributed by atoms with E-state index >= 15 is 0 Å². The Hall–Kier alpha value is -2.93. The molecule has 1 aliphatic rings. The maximum Gasteiger partial charge on any atom is 0.293 e. The molecule has 1 radical (unpaired) electrons. The third-order valence-corrected chi connectivity index (χ3v) is 5.45. The number of nitrogen functional groups attached to an aromatic ring is 1. The Labute approximate surface area is 170 Å². The highest BCUT2D eigenvalue weighted by Crippen LogP contribution is 2.35. The molecule has 0 unspecified atom stereocenters. The van der Waals surface area contributed by atoms with Gasteiger partial charge >= 0.3 is 0 Å². The number of benzene rings is 2. The monoisotopic (exact) mass is 389 g/mol. The molecule has 1 saturated heterocycles. The predicted octanol–water partition coefficient (Wildman–Crippen LogP) is 3.62. The van der Waals surface area contributed by atoms with Crippen molar-refractivity contribution in [2.24, 2.45) is 0 Å². The van der Waals surface area contributed by atoms with Gasteiger partial charge in [0.2, 0.25) is 0 Å². The number of carbonyl (C=O) groups excluding carboxylic acids is 1. The van der Waals surface area contributed by atoms with E-state index in [1.54, 1.807) is 19.7 Å². The van der Waals surface area contributed by atoms with Gasteiger partial charge in [0.25, 0.3) is 7.41 Å². The van der Waals surface area contributed by atoms with E-state index in [-0.39, 0.29) is 11.9 Å². The number of hydrogen-bond donors (Lipinski definition) is 2. The molecule has 3 aromatic rings. The number of nitrogens with one attached hydrogen (secondary N) is 1. The molecule has 1 aromatic heterocycles. The van der Waals surface area contributed by atoms with Gasteiger partial charge in [-0.05, 0) is 61.7 Å². The van der Waals surface area contributed by atoms with Crippen LogP contribution in [0.4, 0.5) is 15.9 Å². The van der Waals surface area contributed by atoms with Gasteiger partial charge in [-0.15, -0.1) is 0 Å². The number of pyridine rings is 1. The van der Waals surface area contributed by atoms with E-state index in [9.17, 15) is 9.18 Å². The molecule has 4 rings (SSSR count). The van der Waals surface area contributed by atoms with Gasteiger partial charge in [-0.25, -0.2) is 9.37 Å². The third-order valence-electron chi connectivity index (χ3n) is 5.45. The first-order valence-corrected chi connectivity index (χ1v) is 9.79. The highest BCUT2D eigenvalue weighted by Gasteiger charge is 2.21. The number of hydrogen-bond acceptors (Lipinski definition) is 5. The van der Waals surface area contributed by atoms with Crippen LogP contribution < -0.4 is 11.1 Å². The molecule has 0 spiro atoms. The number of nitrogens with two attached hydrogens (primary N) is 1. The van der Waals surface area contributed by atoms with Crippen LogP contribution >= 0.6 is 0 Å². The number of rotatable bonds is 5. The zero-order valence-electron chi connectivity index (χ0n) is 16.4. The molecule has 5 nitrogen and oxygen atoms in total. The summed E-state index contributed by atoms with van der Waals surface area (Å²) in [5, 5.41) is 5.45. The normalized spacial score (nSPS) is 17.2. The lowest BCUT2D eigenvalue weighted by molar-refractivity contribution is 0.340. The number of anilines is 2. The quantitative estimate of drug-likeness (QED) is 0.515. The Morgan fingerprint density at radius 1 is 1.34 bits per heavy atom. The second kappa shape index (κ2) is 8.21. The van der Waals surface area contributed by atoms with Crippen LogP contribution in [0.1, 0.15) is 18.4 Å². The molecule has 29 heavy (non-hydrogen) atoms. The van der Waals surface area contributed by atoms with Crippen molar-refractivity contribution in [3.05, 3.63) is 54.0 Å². The zero-order valence-corrected chi connectivity index (χ0v) is 16.4. The molecular formula is C22H23BFN4O. The lowest BCUT2D eigenvalue weighted by Gasteiger charge is -2.33. The molecule has 7 heteroatoms. The molecule has 3 N–H and O–H groups in total. The van der Waals surface area contributed by atoms with E-state index in [0.717, 1.165) is 59.7 Å². The van der Waals surface area contributed by atoms with E-state index in [0.29, 0.717) is 11.4 Å². The molecule has 2 aromatic carbocycles. The van der Waals surface area contributed by atoms with Gasteiger partial charge in [-0.1, -0.05) is 12.1 Å². The van der Waals surface area contributed by atoms with E-state index in [1.165, 1.54) is 6.07 Å². The number of aromatic nitrogens is 1. The van der Waals surface area contributed by atoms with Gasteiger partial charge in [0, 0.05) is 40.8 Å². The maximum absolute atomic E-state index is 14.6. The van der Waals surface area contributed by atoms with Gasteiger partial charge < -0.3 is 20.7 Å². The Morgan fingerprint density at radius 3 is 3.00 bits per heavy atom. The molecule has 2 heterocycles. The van der Waals surface area contributed by atoms with Crippen LogP contribution in [0.2, 0.25) is 0 Å². The van der Waals surface area contributed by atoms with Gasteiger partial charge in [-0.2, -0.15) is 0 Å². The van der Waals surface area contributed by atoms with Crippen molar-refractivity contribution in [3.8, 4) is 11.1 Å². The van der Waals surface area contributed by atoms with Crippen molar-refractivity contribution in [1.82, 2.24) is 9.79 Å². The third kappa shape index (κ3) is 4.10. The van der Waals surface area contributed by atoms with Crippen LogP contribution in [0, 0.1) is 12.7 Å². The summed E-state index contributed by atoms with van der Waals surface area (Å²) >= 11 is 0. The van der Waals surface area contributed by atoms with Crippen molar-refractivity contribution in [2.75, 3.05) is 24.1 Å². The minimum atomic E-state index is -0.247. The fourth-order valence-electron chi connectivity index (χ4n) is 4.10. The number of nitrogens with zero attached hydrogens (tertiary/aromatic N) is 2. The fourth-order valence-corrected chi connectivity index (χ4v) is 4.10. The van der Waals surface area contributed by atoms with Crippen LogP contribution in [0.25, 0.3) is 21.9 Å². The summed E-state index contributed by atoms with van der Waals surface area (Å²) in [7, 11) is 1.59. The fraction of sp³-hybridized carbons (Fsp3) is 0.273. The Kier molecular flexibility index (Phi) is 5.49. The molecule has 1 aliphatic heterocycles. The van der Waals surface area contributed by atoms with Crippen molar-refractivity contribution in [2.45, 2.75) is 25.8 Å². The minimum absolute atomic E-state index is 0.175. The van der Waals surface area contributed by atoms with Crippen molar-refractivity contribution in [1.29, 1.82) is 0 Å². The maximum atomic E-state index is 14.6. The van der Waals surface area contributed by atoms with Crippen molar-refractivity contribution < 1.29 is 9.18 Å². The summed E-state index contributed by atoms with van der Waals surface area (Å²) in [6.07, 6.45) is 4.54. The number of aryl methyl sites for hydroxylation is 1. The van der Waals surface area contributed by atoms with E-state index in [1.807, 2.05) is 36.0 Å². The van der Waals surface area contributed by atoms with Gasteiger partial charge in [0.15, 0.2) is 0 Å². The largest absolute Gasteiger partial charge is 0.384 e. The minimum Gasteiger partial charge on any atom is -0.384 e. The van der Waals surface area contributed by atoms with Gasteiger partial charge in [-0.3, -0.25) is 0 Å². The molecular weight excluding hydrogens is 366 g/mol.